The normalized spacial score (nSPS) is 18.0. The van der Waals surface area contributed by atoms with E-state index in [4.69, 9.17) is 0 Å². The third-order valence-electron chi connectivity index (χ3n) is 5.69. The lowest BCUT2D eigenvalue weighted by Crippen LogP contribution is -2.38. The molecule has 0 bridgehead atoms. The highest BCUT2D eigenvalue weighted by Gasteiger charge is 2.53. The van der Waals surface area contributed by atoms with Crippen LogP contribution in [-0.2, 0) is 5.41 Å². The van der Waals surface area contributed by atoms with Crippen LogP contribution in [0.4, 0.5) is 0 Å². The summed E-state index contributed by atoms with van der Waals surface area (Å²) in [4.78, 5) is 29.0. The Kier molecular flexibility index (Phi) is 6.34. The number of rotatable bonds is 3. The third kappa shape index (κ3) is 3.51. The maximum Gasteiger partial charge on any atom is 0.182 e. The van der Waals surface area contributed by atoms with Gasteiger partial charge in [0, 0.05) is 17.5 Å². The van der Waals surface area contributed by atoms with Crippen LogP contribution >= 0.6 is 12.4 Å². The van der Waals surface area contributed by atoms with Crippen molar-refractivity contribution in [3.8, 4) is 11.8 Å². The summed E-state index contributed by atoms with van der Waals surface area (Å²) in [5.74, 6) is 6.15. The Morgan fingerprint density at radius 3 is 1.96 bits per heavy atom. The topological polar surface area (TPSA) is 37.4 Å². The average Bonchev–Trinajstić information content (AvgIpc) is 2.95. The first kappa shape index (κ1) is 20.3. The number of likely N-dealkylation sites (tertiary alicyclic amines) is 1. The van der Waals surface area contributed by atoms with Gasteiger partial charge in [-0.2, -0.15) is 0 Å². The van der Waals surface area contributed by atoms with E-state index in [2.05, 4.69) is 16.7 Å². The minimum Gasteiger partial charge on any atom is -0.293 e. The van der Waals surface area contributed by atoms with Crippen molar-refractivity contribution in [2.75, 3.05) is 19.6 Å². The molecule has 0 atom stereocenters. The zero-order valence-electron chi connectivity index (χ0n) is 15.8. The highest BCUT2D eigenvalue weighted by Crippen LogP contribution is 2.42. The van der Waals surface area contributed by atoms with E-state index in [0.717, 1.165) is 18.7 Å². The summed E-state index contributed by atoms with van der Waals surface area (Å²) >= 11 is 0. The number of Topliss-reactive ketones (excluding diaryl/α,β-unsaturated/α-hetero) is 2. The van der Waals surface area contributed by atoms with Gasteiger partial charge in [-0.15, -0.1) is 18.3 Å². The summed E-state index contributed by atoms with van der Waals surface area (Å²) in [5.41, 5.74) is 0.566. The molecule has 1 aliphatic heterocycles. The largest absolute Gasteiger partial charge is 0.293 e. The molecule has 2 aliphatic rings. The number of halogens is 1. The maximum atomic E-state index is 13.3. The number of piperidine rings is 1. The van der Waals surface area contributed by atoms with Gasteiger partial charge < -0.3 is 0 Å². The Balaban J connectivity index is 0.00000225. The van der Waals surface area contributed by atoms with Gasteiger partial charge in [-0.05, 0) is 31.5 Å². The Labute approximate surface area is 172 Å². The Bertz CT molecular complexity index is 885. The minimum absolute atomic E-state index is 0. The number of carbonyl (C=O) groups excluding carboxylic acids is 2. The van der Waals surface area contributed by atoms with E-state index >= 15 is 0 Å². The summed E-state index contributed by atoms with van der Waals surface area (Å²) in [7, 11) is 0. The van der Waals surface area contributed by atoms with Crippen LogP contribution < -0.4 is 0 Å². The molecule has 4 heteroatoms. The van der Waals surface area contributed by atoms with Crippen LogP contribution in [0.2, 0.25) is 0 Å². The Hall–Kier alpha value is -2.41. The van der Waals surface area contributed by atoms with Crippen LogP contribution in [0.5, 0.6) is 0 Å². The number of ketones is 2. The third-order valence-corrected chi connectivity index (χ3v) is 5.69. The SMILES string of the molecule is Cl.O=C1c2ccccc2C(=O)C1(CC#CCN1CCCCC1)c1ccccc1. The summed E-state index contributed by atoms with van der Waals surface area (Å²) in [6.45, 7) is 2.88. The molecule has 4 rings (SSSR count). The first-order valence-corrected chi connectivity index (χ1v) is 9.66. The molecule has 0 unspecified atom stereocenters. The summed E-state index contributed by atoms with van der Waals surface area (Å²) in [6, 6.07) is 16.5. The van der Waals surface area contributed by atoms with Crippen molar-refractivity contribution in [2.45, 2.75) is 31.1 Å². The van der Waals surface area contributed by atoms with E-state index in [-0.39, 0.29) is 30.4 Å². The fourth-order valence-corrected chi connectivity index (χ4v) is 4.17. The average molecular weight is 394 g/mol. The number of nitrogens with zero attached hydrogens (tertiary/aromatic N) is 1. The van der Waals surface area contributed by atoms with Gasteiger partial charge in [-0.25, -0.2) is 0 Å². The fourth-order valence-electron chi connectivity index (χ4n) is 4.17. The van der Waals surface area contributed by atoms with Gasteiger partial charge in [0.1, 0.15) is 5.41 Å². The van der Waals surface area contributed by atoms with Crippen molar-refractivity contribution in [3.63, 3.8) is 0 Å². The van der Waals surface area contributed by atoms with Crippen LogP contribution in [0.1, 0.15) is 52.0 Å². The molecule has 0 spiro atoms. The standard InChI is InChI=1S/C24H23NO2.ClH/c26-22-20-13-5-6-14-21(20)23(27)24(22,19-11-3-1-4-12-19)15-7-10-18-25-16-8-2-9-17-25;/h1,3-6,11-14H,2,8-9,15-18H2;1H. The monoisotopic (exact) mass is 393 g/mol. The first-order chi connectivity index (χ1) is 13.2. The van der Waals surface area contributed by atoms with Crippen molar-refractivity contribution in [1.82, 2.24) is 4.90 Å². The number of fused-ring (bicyclic) bond motifs is 1. The van der Waals surface area contributed by atoms with E-state index < -0.39 is 5.41 Å². The van der Waals surface area contributed by atoms with E-state index in [1.807, 2.05) is 42.5 Å². The molecule has 144 valence electrons. The molecular formula is C24H24ClNO2. The van der Waals surface area contributed by atoms with Gasteiger partial charge >= 0.3 is 0 Å². The van der Waals surface area contributed by atoms with Gasteiger partial charge in [0.15, 0.2) is 11.6 Å². The van der Waals surface area contributed by atoms with E-state index in [1.165, 1.54) is 19.3 Å². The lowest BCUT2D eigenvalue weighted by Gasteiger charge is -2.25. The second-order valence-corrected chi connectivity index (χ2v) is 7.34. The summed E-state index contributed by atoms with van der Waals surface area (Å²) < 4.78 is 0. The summed E-state index contributed by atoms with van der Waals surface area (Å²) in [5, 5.41) is 0. The van der Waals surface area contributed by atoms with Crippen molar-refractivity contribution in [2.24, 2.45) is 0 Å². The molecule has 2 aromatic carbocycles. The van der Waals surface area contributed by atoms with Crippen LogP contribution in [0.15, 0.2) is 54.6 Å². The van der Waals surface area contributed by atoms with Gasteiger partial charge in [-0.1, -0.05) is 66.9 Å². The van der Waals surface area contributed by atoms with Crippen molar-refractivity contribution >= 4 is 24.0 Å². The van der Waals surface area contributed by atoms with Gasteiger partial charge in [0.2, 0.25) is 0 Å². The molecule has 3 nitrogen and oxygen atoms in total. The molecule has 0 N–H and O–H groups in total. The van der Waals surface area contributed by atoms with Crippen LogP contribution in [0.3, 0.4) is 0 Å². The predicted octanol–water partition coefficient (Wildman–Crippen LogP) is 4.30. The zero-order chi connectivity index (χ0) is 18.7. The highest BCUT2D eigenvalue weighted by molar-refractivity contribution is 6.33. The van der Waals surface area contributed by atoms with E-state index in [0.29, 0.717) is 17.7 Å². The smallest absolute Gasteiger partial charge is 0.182 e. The number of benzene rings is 2. The molecule has 1 saturated heterocycles. The molecular weight excluding hydrogens is 370 g/mol. The van der Waals surface area contributed by atoms with Gasteiger partial charge in [0.25, 0.3) is 0 Å². The second-order valence-electron chi connectivity index (χ2n) is 7.34. The fraction of sp³-hybridized carbons (Fsp3) is 0.333. The highest BCUT2D eigenvalue weighted by atomic mass is 35.5. The molecule has 0 aromatic heterocycles. The summed E-state index contributed by atoms with van der Waals surface area (Å²) in [6.07, 6.45) is 3.98. The van der Waals surface area contributed by atoms with E-state index in [9.17, 15) is 9.59 Å². The molecule has 0 radical (unpaired) electrons. The van der Waals surface area contributed by atoms with Crippen LogP contribution in [-0.4, -0.2) is 36.1 Å². The minimum atomic E-state index is -1.21. The Morgan fingerprint density at radius 2 is 1.36 bits per heavy atom. The van der Waals surface area contributed by atoms with Crippen LogP contribution in [0.25, 0.3) is 0 Å². The van der Waals surface area contributed by atoms with Crippen molar-refractivity contribution in [1.29, 1.82) is 0 Å². The molecule has 1 heterocycles. The molecule has 1 aliphatic carbocycles. The lowest BCUT2D eigenvalue weighted by molar-refractivity contribution is 0.0798. The molecule has 28 heavy (non-hydrogen) atoms. The van der Waals surface area contributed by atoms with Crippen molar-refractivity contribution < 1.29 is 9.59 Å². The number of hydrogen-bond acceptors (Lipinski definition) is 3. The quantitative estimate of drug-likeness (QED) is 0.576. The van der Waals surface area contributed by atoms with Gasteiger partial charge in [0.05, 0.1) is 6.54 Å². The Morgan fingerprint density at radius 1 is 0.786 bits per heavy atom. The molecule has 0 amide bonds. The molecule has 0 saturated carbocycles. The predicted molar refractivity (Wildman–Crippen MR) is 113 cm³/mol. The lowest BCUT2D eigenvalue weighted by atomic mass is 9.73. The van der Waals surface area contributed by atoms with Crippen molar-refractivity contribution in [3.05, 3.63) is 71.3 Å². The molecule has 1 fully saturated rings. The first-order valence-electron chi connectivity index (χ1n) is 9.66. The number of hydrogen-bond donors (Lipinski definition) is 0. The zero-order valence-corrected chi connectivity index (χ0v) is 16.6. The van der Waals surface area contributed by atoms with E-state index in [1.54, 1.807) is 12.1 Å². The maximum absolute atomic E-state index is 13.3. The van der Waals surface area contributed by atoms with Gasteiger partial charge in [-0.3, -0.25) is 14.5 Å². The van der Waals surface area contributed by atoms with Crippen LogP contribution in [0, 0.1) is 11.8 Å². The number of carbonyl (C=O) groups is 2. The molecule has 2 aromatic rings. The second kappa shape index (κ2) is 8.73.